The molecule has 0 heterocycles. The predicted molar refractivity (Wildman–Crippen MR) is 61.6 cm³/mol. The fraction of sp³-hybridized carbons (Fsp3) is 0.333. The summed E-state index contributed by atoms with van der Waals surface area (Å²) in [5.74, 6) is -2.48. The fourth-order valence-electron chi connectivity index (χ4n) is 1.36. The average Bonchev–Trinajstić information content (AvgIpc) is 2.29. The molecule has 17 heavy (non-hydrogen) atoms. The maximum absolute atomic E-state index is 11.6. The molecule has 92 valence electrons. The summed E-state index contributed by atoms with van der Waals surface area (Å²) in [4.78, 5) is 22.4. The van der Waals surface area contributed by atoms with Gasteiger partial charge in [0.05, 0.1) is 12.0 Å². The van der Waals surface area contributed by atoms with Crippen LogP contribution < -0.4 is 5.32 Å². The van der Waals surface area contributed by atoms with Crippen molar-refractivity contribution in [2.24, 2.45) is 5.92 Å². The summed E-state index contributed by atoms with van der Waals surface area (Å²) in [6.45, 7) is 1.29. The molecule has 0 radical (unpaired) electrons. The minimum Gasteiger partial charge on any atom is -0.481 e. The van der Waals surface area contributed by atoms with Gasteiger partial charge in [0.25, 0.3) is 5.91 Å². The highest BCUT2D eigenvalue weighted by Gasteiger charge is 2.23. The number of rotatable bonds is 5. The monoisotopic (exact) mass is 237 g/mol. The summed E-state index contributed by atoms with van der Waals surface area (Å²) in [5, 5.41) is 20.5. The Hall–Kier alpha value is -1.88. The lowest BCUT2D eigenvalue weighted by Gasteiger charge is -2.15. The topological polar surface area (TPSA) is 86.6 Å². The normalized spacial score (nSPS) is 13.8. The van der Waals surface area contributed by atoms with E-state index in [2.05, 4.69) is 5.32 Å². The minimum absolute atomic E-state index is 0.0965. The molecule has 0 aliphatic heterocycles. The van der Waals surface area contributed by atoms with Gasteiger partial charge in [0, 0.05) is 12.1 Å². The van der Waals surface area contributed by atoms with Crippen LogP contribution in [0.25, 0.3) is 0 Å². The van der Waals surface area contributed by atoms with Gasteiger partial charge in [-0.1, -0.05) is 18.2 Å². The Bertz CT molecular complexity index is 389. The molecule has 0 saturated carbocycles. The van der Waals surface area contributed by atoms with E-state index in [-0.39, 0.29) is 12.5 Å². The van der Waals surface area contributed by atoms with Crippen molar-refractivity contribution in [3.8, 4) is 0 Å². The van der Waals surface area contributed by atoms with Crippen molar-refractivity contribution < 1.29 is 19.8 Å². The quantitative estimate of drug-likeness (QED) is 0.696. The molecule has 1 amide bonds. The molecule has 0 spiro atoms. The zero-order valence-electron chi connectivity index (χ0n) is 9.46. The molecule has 0 unspecified atom stereocenters. The molecule has 1 aromatic rings. The number of carboxylic acid groups (broad SMARTS) is 1. The first-order valence-corrected chi connectivity index (χ1v) is 5.26. The van der Waals surface area contributed by atoms with Crippen LogP contribution in [0.15, 0.2) is 30.3 Å². The molecule has 3 N–H and O–H groups in total. The van der Waals surface area contributed by atoms with Crippen LogP contribution in [-0.2, 0) is 4.79 Å². The Morgan fingerprint density at radius 3 is 2.35 bits per heavy atom. The molecule has 1 aromatic carbocycles. The molecule has 5 nitrogen and oxygen atoms in total. The van der Waals surface area contributed by atoms with Gasteiger partial charge in [0.15, 0.2) is 0 Å². The number of aliphatic carboxylic acids is 1. The number of aliphatic hydroxyl groups excluding tert-OH is 1. The van der Waals surface area contributed by atoms with Gasteiger partial charge in [-0.3, -0.25) is 9.59 Å². The van der Waals surface area contributed by atoms with Crippen molar-refractivity contribution in [2.45, 2.75) is 13.0 Å². The van der Waals surface area contributed by atoms with E-state index in [1.807, 2.05) is 0 Å². The van der Waals surface area contributed by atoms with Crippen molar-refractivity contribution in [2.75, 3.05) is 6.54 Å². The van der Waals surface area contributed by atoms with Crippen LogP contribution in [-0.4, -0.2) is 34.7 Å². The zero-order valence-corrected chi connectivity index (χ0v) is 9.46. The smallest absolute Gasteiger partial charge is 0.310 e. The maximum atomic E-state index is 11.6. The molecular weight excluding hydrogens is 222 g/mol. The second kappa shape index (κ2) is 6.00. The van der Waals surface area contributed by atoms with Crippen LogP contribution in [0.3, 0.4) is 0 Å². The Morgan fingerprint density at radius 2 is 1.88 bits per heavy atom. The highest BCUT2D eigenvalue weighted by atomic mass is 16.4. The van der Waals surface area contributed by atoms with E-state index in [1.54, 1.807) is 30.3 Å². The summed E-state index contributed by atoms with van der Waals surface area (Å²) in [6.07, 6.45) is -1.01. The van der Waals surface area contributed by atoms with E-state index in [1.165, 1.54) is 6.92 Å². The van der Waals surface area contributed by atoms with Crippen LogP contribution in [0, 0.1) is 5.92 Å². The fourth-order valence-corrected chi connectivity index (χ4v) is 1.36. The first-order chi connectivity index (χ1) is 8.02. The average molecular weight is 237 g/mol. The maximum Gasteiger partial charge on any atom is 0.310 e. The van der Waals surface area contributed by atoms with E-state index in [4.69, 9.17) is 5.11 Å². The van der Waals surface area contributed by atoms with Gasteiger partial charge in [-0.25, -0.2) is 0 Å². The van der Waals surface area contributed by atoms with E-state index in [0.29, 0.717) is 5.56 Å². The summed E-state index contributed by atoms with van der Waals surface area (Å²) in [5.41, 5.74) is 0.460. The molecule has 0 saturated heterocycles. The Balaban J connectivity index is 2.56. The van der Waals surface area contributed by atoms with Gasteiger partial charge >= 0.3 is 5.97 Å². The van der Waals surface area contributed by atoms with Crippen molar-refractivity contribution in [1.29, 1.82) is 0 Å². The number of carboxylic acids is 1. The predicted octanol–water partition coefficient (Wildman–Crippen LogP) is 0.498. The summed E-state index contributed by atoms with van der Waals surface area (Å²) < 4.78 is 0. The number of hydrogen-bond donors (Lipinski definition) is 3. The van der Waals surface area contributed by atoms with Crippen molar-refractivity contribution in [3.63, 3.8) is 0 Å². The Labute approximate surface area is 99.1 Å². The number of carbonyl (C=O) groups is 2. The van der Waals surface area contributed by atoms with E-state index >= 15 is 0 Å². The van der Waals surface area contributed by atoms with Gasteiger partial charge in [-0.2, -0.15) is 0 Å². The van der Waals surface area contributed by atoms with E-state index in [9.17, 15) is 14.7 Å². The number of amides is 1. The number of nitrogens with one attached hydrogen (secondary N) is 1. The highest BCUT2D eigenvalue weighted by Crippen LogP contribution is 2.04. The van der Waals surface area contributed by atoms with Crippen molar-refractivity contribution in [3.05, 3.63) is 35.9 Å². The largest absolute Gasteiger partial charge is 0.481 e. The Morgan fingerprint density at radius 1 is 1.29 bits per heavy atom. The molecule has 1 rings (SSSR count). The molecule has 0 aromatic heterocycles. The van der Waals surface area contributed by atoms with Gasteiger partial charge in [0.1, 0.15) is 0 Å². The number of aliphatic hydroxyl groups is 1. The van der Waals surface area contributed by atoms with Crippen LogP contribution in [0.4, 0.5) is 0 Å². The van der Waals surface area contributed by atoms with E-state index < -0.39 is 18.0 Å². The zero-order chi connectivity index (χ0) is 12.8. The molecule has 0 fully saturated rings. The van der Waals surface area contributed by atoms with Gasteiger partial charge in [-0.15, -0.1) is 0 Å². The molecule has 0 aliphatic carbocycles. The molecule has 0 bridgehead atoms. The second-order valence-corrected chi connectivity index (χ2v) is 3.76. The van der Waals surface area contributed by atoms with Gasteiger partial charge in [-0.05, 0) is 19.1 Å². The summed E-state index contributed by atoms with van der Waals surface area (Å²) in [7, 11) is 0. The molecule has 2 atom stereocenters. The Kier molecular flexibility index (Phi) is 4.66. The number of carbonyl (C=O) groups excluding carboxylic acids is 1. The highest BCUT2D eigenvalue weighted by molar-refractivity contribution is 5.94. The minimum atomic E-state index is -1.13. The van der Waals surface area contributed by atoms with Crippen LogP contribution >= 0.6 is 0 Å². The summed E-state index contributed by atoms with van der Waals surface area (Å²) in [6, 6.07) is 8.49. The molecule has 0 aliphatic rings. The number of hydrogen-bond acceptors (Lipinski definition) is 3. The number of benzene rings is 1. The standard InChI is InChI=1S/C12H15NO4/c1-8(14)10(12(16)17)7-13-11(15)9-5-3-2-4-6-9/h2-6,8,10,14H,7H2,1H3,(H,13,15)(H,16,17)/t8-,10+/m1/s1. The lowest BCUT2D eigenvalue weighted by molar-refractivity contribution is -0.144. The van der Waals surface area contributed by atoms with Crippen molar-refractivity contribution in [1.82, 2.24) is 5.32 Å². The van der Waals surface area contributed by atoms with Crippen LogP contribution in [0.1, 0.15) is 17.3 Å². The third kappa shape index (κ3) is 3.88. The third-order valence-corrected chi connectivity index (χ3v) is 2.42. The summed E-state index contributed by atoms with van der Waals surface area (Å²) >= 11 is 0. The first-order valence-electron chi connectivity index (χ1n) is 5.26. The SMILES string of the molecule is C[C@@H](O)[C@H](CNC(=O)c1ccccc1)C(=O)O. The lowest BCUT2D eigenvalue weighted by atomic mass is 10.0. The van der Waals surface area contributed by atoms with Gasteiger partial charge < -0.3 is 15.5 Å². The van der Waals surface area contributed by atoms with Gasteiger partial charge in [0.2, 0.25) is 0 Å². The first kappa shape index (κ1) is 13.2. The lowest BCUT2D eigenvalue weighted by Crippen LogP contribution is -2.38. The molecular formula is C12H15NO4. The van der Waals surface area contributed by atoms with Crippen LogP contribution in [0.5, 0.6) is 0 Å². The van der Waals surface area contributed by atoms with Crippen molar-refractivity contribution >= 4 is 11.9 Å². The molecule has 5 heteroatoms. The third-order valence-electron chi connectivity index (χ3n) is 2.42. The second-order valence-electron chi connectivity index (χ2n) is 3.76. The van der Waals surface area contributed by atoms with Crippen LogP contribution in [0.2, 0.25) is 0 Å². The van der Waals surface area contributed by atoms with E-state index in [0.717, 1.165) is 0 Å².